The quantitative estimate of drug-likeness (QED) is 0.582. The maximum absolute atomic E-state index is 10.3. The van der Waals surface area contributed by atoms with Crippen LogP contribution in [0, 0.1) is 5.92 Å². The number of carbonyl (C=O) groups is 1. The predicted octanol–water partition coefficient (Wildman–Crippen LogP) is 0.851. The Morgan fingerprint density at radius 3 is 2.38 bits per heavy atom. The van der Waals surface area contributed by atoms with Crippen molar-refractivity contribution >= 4 is 5.97 Å². The Labute approximate surface area is 79.1 Å². The van der Waals surface area contributed by atoms with E-state index in [-0.39, 0.29) is 0 Å². The van der Waals surface area contributed by atoms with Crippen LogP contribution in [0.5, 0.6) is 0 Å². The van der Waals surface area contributed by atoms with Gasteiger partial charge in [0, 0.05) is 13.2 Å². The summed E-state index contributed by atoms with van der Waals surface area (Å²) in [6.45, 7) is 5.35. The molecule has 0 aromatic heterocycles. The maximum atomic E-state index is 10.3. The van der Waals surface area contributed by atoms with Gasteiger partial charge in [-0.15, -0.1) is 0 Å². The number of nitrogens with two attached hydrogens (primary N) is 1. The Balaban J connectivity index is 3.21. The summed E-state index contributed by atoms with van der Waals surface area (Å²) in [6.07, 6.45) is 1.38. The average Bonchev–Trinajstić information content (AvgIpc) is 2.02. The van der Waals surface area contributed by atoms with Gasteiger partial charge in [-0.25, -0.2) is 0 Å². The van der Waals surface area contributed by atoms with Gasteiger partial charge in [-0.1, -0.05) is 13.8 Å². The van der Waals surface area contributed by atoms with Crippen molar-refractivity contribution < 1.29 is 14.6 Å². The largest absolute Gasteiger partial charge is 0.480 e. The maximum Gasteiger partial charge on any atom is 0.320 e. The van der Waals surface area contributed by atoms with E-state index in [9.17, 15) is 4.79 Å². The molecule has 0 heterocycles. The zero-order chi connectivity index (χ0) is 10.3. The van der Waals surface area contributed by atoms with Crippen molar-refractivity contribution in [2.24, 2.45) is 11.7 Å². The molecule has 1 atom stereocenters. The molecule has 4 heteroatoms. The fraction of sp³-hybridized carbons (Fsp3) is 0.889. The van der Waals surface area contributed by atoms with Crippen LogP contribution in [-0.2, 0) is 9.53 Å². The highest BCUT2D eigenvalue weighted by molar-refractivity contribution is 5.72. The second kappa shape index (κ2) is 6.86. The van der Waals surface area contributed by atoms with Crippen LogP contribution in [0.1, 0.15) is 26.7 Å². The van der Waals surface area contributed by atoms with Gasteiger partial charge in [0.25, 0.3) is 0 Å². The lowest BCUT2D eigenvalue weighted by molar-refractivity contribution is -0.139. The van der Waals surface area contributed by atoms with E-state index in [0.717, 1.165) is 6.42 Å². The van der Waals surface area contributed by atoms with E-state index < -0.39 is 12.0 Å². The van der Waals surface area contributed by atoms with Crippen LogP contribution in [0.2, 0.25) is 0 Å². The summed E-state index contributed by atoms with van der Waals surface area (Å²) in [5, 5.41) is 8.45. The predicted molar refractivity (Wildman–Crippen MR) is 50.5 cm³/mol. The Morgan fingerprint density at radius 1 is 1.38 bits per heavy atom. The number of aliphatic carboxylic acids is 1. The van der Waals surface area contributed by atoms with Crippen LogP contribution >= 0.6 is 0 Å². The highest BCUT2D eigenvalue weighted by Crippen LogP contribution is 1.99. The standard InChI is InChI=1S/C9H19NO3/c1-7(2)3-5-13-6-4-8(10)9(11)12/h7-8H,3-6,10H2,1-2H3,(H,11,12). The van der Waals surface area contributed by atoms with E-state index in [0.29, 0.717) is 25.6 Å². The van der Waals surface area contributed by atoms with Gasteiger partial charge in [0.2, 0.25) is 0 Å². The van der Waals surface area contributed by atoms with Crippen LogP contribution < -0.4 is 5.73 Å². The molecule has 0 saturated carbocycles. The Bertz CT molecular complexity index is 148. The van der Waals surface area contributed by atoms with Gasteiger partial charge in [-0.2, -0.15) is 0 Å². The molecular formula is C9H19NO3. The first-order valence-corrected chi connectivity index (χ1v) is 4.60. The van der Waals surface area contributed by atoms with Gasteiger partial charge >= 0.3 is 5.97 Å². The van der Waals surface area contributed by atoms with Crippen LogP contribution in [0.15, 0.2) is 0 Å². The molecular weight excluding hydrogens is 170 g/mol. The van der Waals surface area contributed by atoms with Crippen molar-refractivity contribution in [1.82, 2.24) is 0 Å². The lowest BCUT2D eigenvalue weighted by atomic mass is 10.1. The van der Waals surface area contributed by atoms with E-state index in [4.69, 9.17) is 15.6 Å². The van der Waals surface area contributed by atoms with Crippen LogP contribution in [0.25, 0.3) is 0 Å². The molecule has 4 nitrogen and oxygen atoms in total. The topological polar surface area (TPSA) is 72.5 Å². The van der Waals surface area contributed by atoms with Crippen molar-refractivity contribution in [2.75, 3.05) is 13.2 Å². The highest BCUT2D eigenvalue weighted by Gasteiger charge is 2.10. The molecule has 0 aliphatic heterocycles. The van der Waals surface area contributed by atoms with Crippen LogP contribution in [0.4, 0.5) is 0 Å². The summed E-state index contributed by atoms with van der Waals surface area (Å²) < 4.78 is 5.22. The van der Waals surface area contributed by atoms with Gasteiger partial charge in [0.1, 0.15) is 6.04 Å². The monoisotopic (exact) mass is 189 g/mol. The van der Waals surface area contributed by atoms with Gasteiger partial charge in [0.05, 0.1) is 0 Å². The lowest BCUT2D eigenvalue weighted by Gasteiger charge is -2.08. The molecule has 1 unspecified atom stereocenters. The summed E-state index contributed by atoms with van der Waals surface area (Å²) in [4.78, 5) is 10.3. The normalized spacial score (nSPS) is 13.2. The van der Waals surface area contributed by atoms with E-state index in [1.165, 1.54) is 0 Å². The second-order valence-electron chi connectivity index (χ2n) is 3.53. The van der Waals surface area contributed by atoms with E-state index in [1.807, 2.05) is 0 Å². The fourth-order valence-corrected chi connectivity index (χ4v) is 0.755. The number of carboxylic acids is 1. The molecule has 13 heavy (non-hydrogen) atoms. The summed E-state index contributed by atoms with van der Waals surface area (Å²) in [6, 6.07) is -0.793. The highest BCUT2D eigenvalue weighted by atomic mass is 16.5. The third kappa shape index (κ3) is 7.74. The van der Waals surface area contributed by atoms with Crippen molar-refractivity contribution in [2.45, 2.75) is 32.7 Å². The molecule has 0 amide bonds. The third-order valence-electron chi connectivity index (χ3n) is 1.73. The van der Waals surface area contributed by atoms with Crippen molar-refractivity contribution in [3.8, 4) is 0 Å². The molecule has 0 fully saturated rings. The molecule has 78 valence electrons. The molecule has 0 aliphatic rings. The second-order valence-corrected chi connectivity index (χ2v) is 3.53. The first-order valence-electron chi connectivity index (χ1n) is 4.60. The fourth-order valence-electron chi connectivity index (χ4n) is 0.755. The molecule has 0 aromatic carbocycles. The van der Waals surface area contributed by atoms with Crippen LogP contribution in [-0.4, -0.2) is 30.3 Å². The van der Waals surface area contributed by atoms with E-state index in [2.05, 4.69) is 13.8 Å². The molecule has 0 saturated heterocycles. The molecule has 3 N–H and O–H groups in total. The minimum Gasteiger partial charge on any atom is -0.480 e. The lowest BCUT2D eigenvalue weighted by Crippen LogP contribution is -2.31. The number of carboxylic acid groups (broad SMARTS) is 1. The summed E-state index contributed by atoms with van der Waals surface area (Å²) in [5.41, 5.74) is 5.28. The smallest absolute Gasteiger partial charge is 0.320 e. The van der Waals surface area contributed by atoms with Crippen molar-refractivity contribution in [1.29, 1.82) is 0 Å². The van der Waals surface area contributed by atoms with Gasteiger partial charge in [0.15, 0.2) is 0 Å². The van der Waals surface area contributed by atoms with Crippen molar-refractivity contribution in [3.05, 3.63) is 0 Å². The SMILES string of the molecule is CC(C)CCOCCC(N)C(=O)O. The molecule has 0 rings (SSSR count). The van der Waals surface area contributed by atoms with Crippen LogP contribution in [0.3, 0.4) is 0 Å². The zero-order valence-electron chi connectivity index (χ0n) is 8.32. The summed E-state index contributed by atoms with van der Waals surface area (Å²) >= 11 is 0. The first kappa shape index (κ1) is 12.4. The minimum absolute atomic E-state index is 0.382. The average molecular weight is 189 g/mol. The number of ether oxygens (including phenoxy) is 1. The number of hydrogen-bond acceptors (Lipinski definition) is 3. The Kier molecular flexibility index (Phi) is 6.54. The molecule has 0 aromatic rings. The van der Waals surface area contributed by atoms with Gasteiger partial charge in [-0.3, -0.25) is 4.79 Å². The van der Waals surface area contributed by atoms with E-state index in [1.54, 1.807) is 0 Å². The summed E-state index contributed by atoms with van der Waals surface area (Å²) in [5.74, 6) is -0.347. The number of hydrogen-bond donors (Lipinski definition) is 2. The Morgan fingerprint density at radius 2 is 1.92 bits per heavy atom. The van der Waals surface area contributed by atoms with Crippen molar-refractivity contribution in [3.63, 3.8) is 0 Å². The zero-order valence-corrected chi connectivity index (χ0v) is 8.32. The van der Waals surface area contributed by atoms with Gasteiger partial charge in [-0.05, 0) is 18.8 Å². The van der Waals surface area contributed by atoms with Gasteiger partial charge < -0.3 is 15.6 Å². The molecule has 0 spiro atoms. The summed E-state index contributed by atoms with van der Waals surface area (Å²) in [7, 11) is 0. The molecule has 0 radical (unpaired) electrons. The third-order valence-corrected chi connectivity index (χ3v) is 1.73. The Hall–Kier alpha value is -0.610. The minimum atomic E-state index is -0.965. The molecule has 0 aliphatic carbocycles. The van der Waals surface area contributed by atoms with E-state index >= 15 is 0 Å². The first-order chi connectivity index (χ1) is 6.04. The number of rotatable bonds is 7. The molecule has 0 bridgehead atoms.